The zero-order valence-electron chi connectivity index (χ0n) is 20.3. The molecule has 1 aliphatic heterocycles. The molecule has 33 heavy (non-hydrogen) atoms. The van der Waals surface area contributed by atoms with Crippen molar-refractivity contribution in [2.24, 2.45) is 11.8 Å². The number of para-hydroxylation sites is 1. The highest BCUT2D eigenvalue weighted by molar-refractivity contribution is 5.82. The van der Waals surface area contributed by atoms with Crippen LogP contribution in [0.4, 0.5) is 0 Å². The van der Waals surface area contributed by atoms with Crippen molar-refractivity contribution in [2.75, 3.05) is 39.8 Å². The highest BCUT2D eigenvalue weighted by atomic mass is 16.5. The minimum atomic E-state index is -0.0721. The maximum atomic E-state index is 13.4. The Morgan fingerprint density at radius 3 is 2.33 bits per heavy atom. The molecule has 3 aliphatic rings. The monoisotopic (exact) mass is 455 g/mol. The van der Waals surface area contributed by atoms with Gasteiger partial charge in [-0.1, -0.05) is 50.3 Å². The molecule has 2 aliphatic carbocycles. The van der Waals surface area contributed by atoms with Gasteiger partial charge in [0, 0.05) is 38.6 Å². The SMILES string of the molecule is COc1ccccc1CCNC(=O)C(C1CCCC1)N1CCN(C(=O)C2CCCCC2)CC1. The van der Waals surface area contributed by atoms with E-state index in [2.05, 4.69) is 21.2 Å². The number of nitrogens with one attached hydrogen (secondary N) is 1. The van der Waals surface area contributed by atoms with E-state index in [0.29, 0.717) is 18.4 Å². The second-order valence-corrected chi connectivity index (χ2v) is 10.0. The highest BCUT2D eigenvalue weighted by Gasteiger charge is 2.38. The Kier molecular flexibility index (Phi) is 8.65. The third-order valence-corrected chi connectivity index (χ3v) is 7.97. The van der Waals surface area contributed by atoms with Crippen molar-refractivity contribution in [1.82, 2.24) is 15.1 Å². The summed E-state index contributed by atoms with van der Waals surface area (Å²) >= 11 is 0. The lowest BCUT2D eigenvalue weighted by Crippen LogP contribution is -2.58. The zero-order valence-corrected chi connectivity index (χ0v) is 20.3. The predicted octanol–water partition coefficient (Wildman–Crippen LogP) is 3.64. The fraction of sp³-hybridized carbons (Fsp3) is 0.704. The molecule has 6 heteroatoms. The molecule has 2 saturated carbocycles. The number of carbonyl (C=O) groups is 2. The third kappa shape index (κ3) is 6.08. The fourth-order valence-corrected chi connectivity index (χ4v) is 6.11. The van der Waals surface area contributed by atoms with Crippen molar-refractivity contribution in [3.8, 4) is 5.75 Å². The van der Waals surface area contributed by atoms with Crippen LogP contribution in [0.5, 0.6) is 5.75 Å². The predicted molar refractivity (Wildman–Crippen MR) is 130 cm³/mol. The van der Waals surface area contributed by atoms with E-state index in [4.69, 9.17) is 4.74 Å². The number of piperazine rings is 1. The minimum Gasteiger partial charge on any atom is -0.496 e. The molecule has 0 spiro atoms. The summed E-state index contributed by atoms with van der Waals surface area (Å²) in [5.41, 5.74) is 1.12. The van der Waals surface area contributed by atoms with Gasteiger partial charge < -0.3 is 15.0 Å². The van der Waals surface area contributed by atoms with E-state index in [1.807, 2.05) is 18.2 Å². The number of hydrogen-bond acceptors (Lipinski definition) is 4. The number of rotatable bonds is 8. The topological polar surface area (TPSA) is 61.9 Å². The standard InChI is InChI=1S/C27H41N3O3/c1-33-24-14-8-7-9-21(24)15-16-28-26(31)25(22-10-5-6-11-22)29-17-19-30(20-18-29)27(32)23-12-3-2-4-13-23/h7-9,14,22-23,25H,2-6,10-13,15-20H2,1H3,(H,28,31). The van der Waals surface area contributed by atoms with Crippen molar-refractivity contribution < 1.29 is 14.3 Å². The first-order valence-electron chi connectivity index (χ1n) is 13.1. The molecule has 4 rings (SSSR count). The Balaban J connectivity index is 1.32. The van der Waals surface area contributed by atoms with E-state index >= 15 is 0 Å². The van der Waals surface area contributed by atoms with E-state index in [1.165, 1.54) is 32.1 Å². The summed E-state index contributed by atoms with van der Waals surface area (Å²) < 4.78 is 5.45. The first kappa shape index (κ1) is 24.1. The van der Waals surface area contributed by atoms with E-state index in [0.717, 1.165) is 69.6 Å². The van der Waals surface area contributed by atoms with Crippen LogP contribution < -0.4 is 10.1 Å². The quantitative estimate of drug-likeness (QED) is 0.650. The van der Waals surface area contributed by atoms with Gasteiger partial charge in [0.15, 0.2) is 0 Å². The Morgan fingerprint density at radius 2 is 1.64 bits per heavy atom. The normalized spacial score (nSPS) is 21.7. The van der Waals surface area contributed by atoms with E-state index in [1.54, 1.807) is 7.11 Å². The van der Waals surface area contributed by atoms with Crippen LogP contribution in [-0.4, -0.2) is 67.5 Å². The molecule has 0 aromatic heterocycles. The number of hydrogen-bond donors (Lipinski definition) is 1. The number of methoxy groups -OCH3 is 1. The number of carbonyl (C=O) groups excluding carboxylic acids is 2. The molecule has 1 heterocycles. The summed E-state index contributed by atoms with van der Waals surface area (Å²) in [7, 11) is 1.69. The molecule has 1 unspecified atom stereocenters. The smallest absolute Gasteiger partial charge is 0.237 e. The zero-order chi connectivity index (χ0) is 23.0. The molecule has 0 bridgehead atoms. The maximum Gasteiger partial charge on any atom is 0.237 e. The third-order valence-electron chi connectivity index (χ3n) is 7.97. The summed E-state index contributed by atoms with van der Waals surface area (Å²) in [5.74, 6) is 2.04. The largest absolute Gasteiger partial charge is 0.496 e. The molecule has 1 aromatic rings. The summed E-state index contributed by atoms with van der Waals surface area (Å²) in [6.07, 6.45) is 11.2. The van der Waals surface area contributed by atoms with Gasteiger partial charge in [0.1, 0.15) is 5.75 Å². The van der Waals surface area contributed by atoms with Crippen LogP contribution in [-0.2, 0) is 16.0 Å². The van der Waals surface area contributed by atoms with Gasteiger partial charge in [-0.05, 0) is 49.7 Å². The van der Waals surface area contributed by atoms with Gasteiger partial charge in [-0.15, -0.1) is 0 Å². The Labute approximate surface area is 199 Å². The van der Waals surface area contributed by atoms with E-state index in [9.17, 15) is 9.59 Å². The second kappa shape index (κ2) is 11.9. The van der Waals surface area contributed by atoms with Gasteiger partial charge in [0.05, 0.1) is 13.2 Å². The van der Waals surface area contributed by atoms with Crippen molar-refractivity contribution in [2.45, 2.75) is 70.3 Å². The van der Waals surface area contributed by atoms with Crippen LogP contribution >= 0.6 is 0 Å². The van der Waals surface area contributed by atoms with Crippen LogP contribution in [0.3, 0.4) is 0 Å². The highest BCUT2D eigenvalue weighted by Crippen LogP contribution is 2.32. The Hall–Kier alpha value is -2.08. The summed E-state index contributed by atoms with van der Waals surface area (Å²) in [6, 6.07) is 7.93. The van der Waals surface area contributed by atoms with E-state index in [-0.39, 0.29) is 17.9 Å². The van der Waals surface area contributed by atoms with Crippen LogP contribution in [0.2, 0.25) is 0 Å². The average molecular weight is 456 g/mol. The molecule has 1 atom stereocenters. The number of ether oxygens (including phenoxy) is 1. The fourth-order valence-electron chi connectivity index (χ4n) is 6.11. The summed E-state index contributed by atoms with van der Waals surface area (Å²) in [5, 5.41) is 3.23. The lowest BCUT2D eigenvalue weighted by molar-refractivity contribution is -0.139. The van der Waals surface area contributed by atoms with Crippen molar-refractivity contribution >= 4 is 11.8 Å². The van der Waals surface area contributed by atoms with Gasteiger partial charge >= 0.3 is 0 Å². The maximum absolute atomic E-state index is 13.4. The van der Waals surface area contributed by atoms with Gasteiger partial charge in [-0.25, -0.2) is 0 Å². The molecule has 182 valence electrons. The lowest BCUT2D eigenvalue weighted by Gasteiger charge is -2.41. The molecular formula is C27H41N3O3. The second-order valence-electron chi connectivity index (χ2n) is 10.0. The Bertz CT molecular complexity index is 779. The molecule has 3 fully saturated rings. The van der Waals surface area contributed by atoms with Gasteiger partial charge in [-0.3, -0.25) is 14.5 Å². The first-order chi connectivity index (χ1) is 16.2. The van der Waals surface area contributed by atoms with Crippen LogP contribution in [0.15, 0.2) is 24.3 Å². The van der Waals surface area contributed by atoms with Gasteiger partial charge in [0.25, 0.3) is 0 Å². The number of nitrogens with zero attached hydrogens (tertiary/aromatic N) is 2. The Morgan fingerprint density at radius 1 is 0.970 bits per heavy atom. The molecule has 6 nitrogen and oxygen atoms in total. The molecule has 1 aromatic carbocycles. The first-order valence-corrected chi connectivity index (χ1v) is 13.1. The number of benzene rings is 1. The molecule has 1 N–H and O–H groups in total. The van der Waals surface area contributed by atoms with Crippen molar-refractivity contribution in [3.63, 3.8) is 0 Å². The van der Waals surface area contributed by atoms with Crippen molar-refractivity contribution in [3.05, 3.63) is 29.8 Å². The lowest BCUT2D eigenvalue weighted by atomic mass is 9.88. The average Bonchev–Trinajstić information content (AvgIpc) is 3.39. The van der Waals surface area contributed by atoms with E-state index < -0.39 is 0 Å². The summed E-state index contributed by atoms with van der Waals surface area (Å²) in [6.45, 7) is 3.74. The van der Waals surface area contributed by atoms with Crippen molar-refractivity contribution in [1.29, 1.82) is 0 Å². The summed E-state index contributed by atoms with van der Waals surface area (Å²) in [4.78, 5) is 30.8. The molecule has 1 saturated heterocycles. The van der Waals surface area contributed by atoms with Crippen LogP contribution in [0, 0.1) is 11.8 Å². The molecule has 0 radical (unpaired) electrons. The molecular weight excluding hydrogens is 414 g/mol. The number of amides is 2. The van der Waals surface area contributed by atoms with Crippen LogP contribution in [0.25, 0.3) is 0 Å². The minimum absolute atomic E-state index is 0.0721. The molecule has 2 amide bonds. The van der Waals surface area contributed by atoms with Gasteiger partial charge in [-0.2, -0.15) is 0 Å². The van der Waals surface area contributed by atoms with Gasteiger partial charge in [0.2, 0.25) is 11.8 Å². The van der Waals surface area contributed by atoms with Crippen LogP contribution in [0.1, 0.15) is 63.4 Å².